The fourth-order valence-electron chi connectivity index (χ4n) is 1.72. The summed E-state index contributed by atoms with van der Waals surface area (Å²) in [5.41, 5.74) is 6.37. The lowest BCUT2D eigenvalue weighted by molar-refractivity contribution is 0.0950. The number of benzene rings is 1. The van der Waals surface area contributed by atoms with Crippen molar-refractivity contribution in [2.24, 2.45) is 5.73 Å². The minimum Gasteiger partial charge on any atom is -0.508 e. The number of nitrogens with two attached hydrogens (primary N) is 1. The highest BCUT2D eigenvalue weighted by Crippen LogP contribution is 2.21. The van der Waals surface area contributed by atoms with Gasteiger partial charge in [0, 0.05) is 22.1 Å². The molecule has 1 amide bonds. The highest BCUT2D eigenvalue weighted by atomic mass is 32.1. The number of carbonyl (C=O) groups excluding carboxylic acids is 1. The van der Waals surface area contributed by atoms with E-state index >= 15 is 0 Å². The molecular formula is C15H14N2O3S. The van der Waals surface area contributed by atoms with Crippen LogP contribution in [0.25, 0.3) is 0 Å². The fourth-order valence-corrected chi connectivity index (χ4v) is 2.49. The molecule has 1 heterocycles. The molecule has 21 heavy (non-hydrogen) atoms. The molecule has 5 N–H and O–H groups in total. The molecule has 0 aliphatic heterocycles. The van der Waals surface area contributed by atoms with Crippen LogP contribution in [0.5, 0.6) is 11.5 Å². The Morgan fingerprint density at radius 1 is 1.29 bits per heavy atom. The predicted octanol–water partition coefficient (Wildman–Crippen LogP) is 1.40. The van der Waals surface area contributed by atoms with Crippen molar-refractivity contribution >= 4 is 17.2 Å². The average molecular weight is 302 g/mol. The second-order valence-electron chi connectivity index (χ2n) is 4.18. The summed E-state index contributed by atoms with van der Waals surface area (Å²) in [4.78, 5) is 12.9. The van der Waals surface area contributed by atoms with Crippen LogP contribution in [0.1, 0.15) is 20.8 Å². The van der Waals surface area contributed by atoms with E-state index in [1.807, 2.05) is 11.4 Å². The predicted molar refractivity (Wildman–Crippen MR) is 81.2 cm³/mol. The first-order chi connectivity index (χ1) is 10.1. The first-order valence-corrected chi connectivity index (χ1v) is 7.04. The Labute approximate surface area is 126 Å². The first-order valence-electron chi connectivity index (χ1n) is 6.16. The second kappa shape index (κ2) is 6.79. The molecule has 5 nitrogen and oxygen atoms in total. The van der Waals surface area contributed by atoms with E-state index < -0.39 is 0 Å². The van der Waals surface area contributed by atoms with Crippen LogP contribution in [0, 0.1) is 11.8 Å². The molecule has 0 bridgehead atoms. The fraction of sp³-hybridized carbons (Fsp3) is 0.133. The van der Waals surface area contributed by atoms with Gasteiger partial charge in [-0.2, -0.15) is 0 Å². The molecule has 1 aromatic carbocycles. The summed E-state index contributed by atoms with van der Waals surface area (Å²) < 4.78 is 0. The van der Waals surface area contributed by atoms with Crippen LogP contribution in [-0.4, -0.2) is 22.7 Å². The van der Waals surface area contributed by atoms with Crippen LogP contribution in [0.2, 0.25) is 0 Å². The highest BCUT2D eigenvalue weighted by molar-refractivity contribution is 7.10. The third-order valence-corrected chi connectivity index (χ3v) is 3.57. The number of aromatic hydroxyl groups is 2. The van der Waals surface area contributed by atoms with Gasteiger partial charge in [-0.1, -0.05) is 11.8 Å². The van der Waals surface area contributed by atoms with Crippen LogP contribution < -0.4 is 11.1 Å². The summed E-state index contributed by atoms with van der Waals surface area (Å²) in [6.45, 7) is 0.603. The maximum Gasteiger partial charge on any atom is 0.251 e. The van der Waals surface area contributed by atoms with Gasteiger partial charge in [0.15, 0.2) is 0 Å². The lowest BCUT2D eigenvalue weighted by Crippen LogP contribution is -2.22. The van der Waals surface area contributed by atoms with E-state index in [9.17, 15) is 15.0 Å². The minimum atomic E-state index is -0.382. The summed E-state index contributed by atoms with van der Waals surface area (Å²) in [5.74, 6) is 5.00. The van der Waals surface area contributed by atoms with Crippen LogP contribution in [0.3, 0.4) is 0 Å². The number of amides is 1. The maximum atomic E-state index is 12.0. The van der Waals surface area contributed by atoms with Gasteiger partial charge in [0.25, 0.3) is 5.91 Å². The summed E-state index contributed by atoms with van der Waals surface area (Å²) in [7, 11) is 0. The van der Waals surface area contributed by atoms with Gasteiger partial charge in [0.1, 0.15) is 11.5 Å². The van der Waals surface area contributed by atoms with Gasteiger partial charge in [0.2, 0.25) is 0 Å². The third kappa shape index (κ3) is 3.99. The van der Waals surface area contributed by atoms with Crippen molar-refractivity contribution in [2.45, 2.75) is 6.54 Å². The van der Waals surface area contributed by atoms with E-state index in [1.165, 1.54) is 23.5 Å². The van der Waals surface area contributed by atoms with E-state index in [2.05, 4.69) is 17.2 Å². The molecule has 1 aromatic heterocycles. The molecule has 2 aromatic rings. The topological polar surface area (TPSA) is 95.6 Å². The van der Waals surface area contributed by atoms with Crippen molar-refractivity contribution < 1.29 is 15.0 Å². The van der Waals surface area contributed by atoms with Gasteiger partial charge >= 0.3 is 0 Å². The standard InChI is InChI=1S/C15H14N2O3S/c16-4-1-2-10-3-5-21-14(10)9-17-15(20)11-6-12(18)8-13(19)7-11/h3,5-8,18-19H,4,9,16H2,(H,17,20). The SMILES string of the molecule is NCC#Cc1ccsc1CNC(=O)c1cc(O)cc(O)c1. The van der Waals surface area contributed by atoms with E-state index in [0.29, 0.717) is 6.54 Å². The van der Waals surface area contributed by atoms with Gasteiger partial charge in [-0.25, -0.2) is 0 Å². The Balaban J connectivity index is 2.06. The zero-order valence-corrected chi connectivity index (χ0v) is 11.9. The van der Waals surface area contributed by atoms with Gasteiger partial charge in [-0.05, 0) is 23.6 Å². The lowest BCUT2D eigenvalue weighted by atomic mass is 10.2. The zero-order chi connectivity index (χ0) is 15.2. The van der Waals surface area contributed by atoms with E-state index in [-0.39, 0.29) is 29.5 Å². The maximum absolute atomic E-state index is 12.0. The molecule has 2 rings (SSSR count). The summed E-state index contributed by atoms with van der Waals surface area (Å²) in [5, 5.41) is 23.4. The van der Waals surface area contributed by atoms with Crippen molar-refractivity contribution in [1.82, 2.24) is 5.32 Å². The van der Waals surface area contributed by atoms with Crippen molar-refractivity contribution in [3.05, 3.63) is 45.6 Å². The molecule has 0 aliphatic carbocycles. The van der Waals surface area contributed by atoms with Gasteiger partial charge < -0.3 is 21.3 Å². The van der Waals surface area contributed by atoms with E-state index in [1.54, 1.807) is 0 Å². The van der Waals surface area contributed by atoms with Crippen LogP contribution in [0.15, 0.2) is 29.6 Å². The minimum absolute atomic E-state index is 0.161. The Bertz CT molecular complexity index is 693. The molecular weight excluding hydrogens is 288 g/mol. The van der Waals surface area contributed by atoms with Crippen molar-refractivity contribution in [3.8, 4) is 23.3 Å². The molecule has 6 heteroatoms. The summed E-state index contributed by atoms with van der Waals surface area (Å²) >= 11 is 1.49. The van der Waals surface area contributed by atoms with Crippen molar-refractivity contribution in [3.63, 3.8) is 0 Å². The molecule has 108 valence electrons. The van der Waals surface area contributed by atoms with Gasteiger partial charge in [0.05, 0.1) is 13.1 Å². The van der Waals surface area contributed by atoms with Crippen molar-refractivity contribution in [1.29, 1.82) is 0 Å². The van der Waals surface area contributed by atoms with Crippen LogP contribution >= 0.6 is 11.3 Å². The van der Waals surface area contributed by atoms with E-state index in [0.717, 1.165) is 16.5 Å². The number of thiophene rings is 1. The molecule has 0 fully saturated rings. The van der Waals surface area contributed by atoms with E-state index in [4.69, 9.17) is 5.73 Å². The normalized spacial score (nSPS) is 9.76. The average Bonchev–Trinajstić information content (AvgIpc) is 2.88. The Kier molecular flexibility index (Phi) is 4.82. The Morgan fingerprint density at radius 3 is 2.67 bits per heavy atom. The molecule has 0 radical (unpaired) electrons. The molecule has 0 saturated carbocycles. The highest BCUT2D eigenvalue weighted by Gasteiger charge is 2.10. The second-order valence-corrected chi connectivity index (χ2v) is 5.18. The zero-order valence-electron chi connectivity index (χ0n) is 11.1. The third-order valence-electron chi connectivity index (χ3n) is 2.64. The summed E-state index contributed by atoms with van der Waals surface area (Å²) in [6, 6.07) is 5.61. The molecule has 0 spiro atoms. The van der Waals surface area contributed by atoms with Crippen LogP contribution in [-0.2, 0) is 6.54 Å². The number of nitrogens with one attached hydrogen (secondary N) is 1. The molecule has 0 saturated heterocycles. The monoisotopic (exact) mass is 302 g/mol. The van der Waals surface area contributed by atoms with Crippen molar-refractivity contribution in [2.75, 3.05) is 6.54 Å². The number of phenolic OH excluding ortho intramolecular Hbond substituents is 2. The lowest BCUT2D eigenvalue weighted by Gasteiger charge is -2.05. The quantitative estimate of drug-likeness (QED) is 0.644. The Morgan fingerprint density at radius 2 is 2.00 bits per heavy atom. The Hall–Kier alpha value is -2.49. The largest absolute Gasteiger partial charge is 0.508 e. The first kappa shape index (κ1) is 14.9. The van der Waals surface area contributed by atoms with Gasteiger partial charge in [-0.3, -0.25) is 4.79 Å². The summed E-state index contributed by atoms with van der Waals surface area (Å²) in [6.07, 6.45) is 0. The smallest absolute Gasteiger partial charge is 0.251 e. The number of hydrogen-bond donors (Lipinski definition) is 4. The molecule has 0 atom stereocenters. The molecule has 0 aliphatic rings. The number of rotatable bonds is 3. The molecule has 0 unspecified atom stereocenters. The number of hydrogen-bond acceptors (Lipinski definition) is 5. The van der Waals surface area contributed by atoms with Gasteiger partial charge in [-0.15, -0.1) is 11.3 Å². The number of phenols is 2. The van der Waals surface area contributed by atoms with Crippen LogP contribution in [0.4, 0.5) is 0 Å². The number of carbonyl (C=O) groups is 1.